The lowest BCUT2D eigenvalue weighted by Crippen LogP contribution is -2.30. The Bertz CT molecular complexity index is 876. The van der Waals surface area contributed by atoms with Gasteiger partial charge in [0.2, 0.25) is 0 Å². The second-order valence-electron chi connectivity index (χ2n) is 5.10. The minimum atomic E-state index is -3.91. The molecule has 0 aromatic heterocycles. The topological polar surface area (TPSA) is 83.9 Å². The highest BCUT2D eigenvalue weighted by Crippen LogP contribution is 2.37. The summed E-state index contributed by atoms with van der Waals surface area (Å²) in [5.41, 5.74) is 0.938. The van der Waals surface area contributed by atoms with Crippen LogP contribution in [-0.2, 0) is 16.4 Å². The minimum absolute atomic E-state index is 0.0153. The zero-order chi connectivity index (χ0) is 16.6. The fourth-order valence-electron chi connectivity index (χ4n) is 2.78. The molecule has 0 amide bonds. The Morgan fingerprint density at radius 2 is 1.91 bits per heavy atom. The summed E-state index contributed by atoms with van der Waals surface area (Å²) in [7, 11) is -2.51. The van der Waals surface area contributed by atoms with E-state index in [-0.39, 0.29) is 28.4 Å². The number of rotatable bonds is 4. The van der Waals surface area contributed by atoms with Crippen molar-refractivity contribution in [1.82, 2.24) is 0 Å². The van der Waals surface area contributed by atoms with E-state index in [9.17, 15) is 18.3 Å². The molecule has 120 valence electrons. The molecule has 1 aliphatic heterocycles. The van der Waals surface area contributed by atoms with Crippen molar-refractivity contribution < 1.29 is 23.1 Å². The summed E-state index contributed by atoms with van der Waals surface area (Å²) in [4.78, 5) is 11.5. The van der Waals surface area contributed by atoms with E-state index in [4.69, 9.17) is 4.74 Å². The number of benzene rings is 2. The van der Waals surface area contributed by atoms with Crippen molar-refractivity contribution in [3.8, 4) is 5.75 Å². The van der Waals surface area contributed by atoms with Gasteiger partial charge in [0.15, 0.2) is 0 Å². The number of fused-ring (bicyclic) bond motifs is 1. The summed E-state index contributed by atoms with van der Waals surface area (Å²) in [6.45, 7) is 0.208. The first-order valence-electron chi connectivity index (χ1n) is 6.97. The van der Waals surface area contributed by atoms with Crippen LogP contribution in [0.15, 0.2) is 47.4 Å². The zero-order valence-electron chi connectivity index (χ0n) is 12.4. The third-order valence-corrected chi connectivity index (χ3v) is 5.66. The smallest absolute Gasteiger partial charge is 0.337 e. The predicted molar refractivity (Wildman–Crippen MR) is 84.6 cm³/mol. The Balaban J connectivity index is 2.18. The number of nitrogens with zero attached hydrogens (tertiary/aromatic N) is 1. The van der Waals surface area contributed by atoms with Crippen molar-refractivity contribution in [2.24, 2.45) is 0 Å². The number of aromatic carboxylic acids is 1. The quantitative estimate of drug-likeness (QED) is 0.927. The van der Waals surface area contributed by atoms with Gasteiger partial charge in [-0.1, -0.05) is 24.3 Å². The number of hydrogen-bond donors (Lipinski definition) is 1. The fraction of sp³-hybridized carbons (Fsp3) is 0.188. The van der Waals surface area contributed by atoms with Crippen molar-refractivity contribution in [3.05, 3.63) is 53.6 Å². The van der Waals surface area contributed by atoms with Gasteiger partial charge in [-0.25, -0.2) is 13.2 Å². The molecule has 0 atom stereocenters. The van der Waals surface area contributed by atoms with Gasteiger partial charge in [-0.05, 0) is 30.2 Å². The average Bonchev–Trinajstić information content (AvgIpc) is 2.99. The van der Waals surface area contributed by atoms with Gasteiger partial charge in [-0.3, -0.25) is 4.31 Å². The molecule has 0 spiro atoms. The fourth-order valence-corrected chi connectivity index (χ4v) is 4.47. The standard InChI is InChI=1S/C16H15NO5S/c1-22-13-7-2-3-8-14(13)23(20,21)17-10-9-11-5-4-6-12(15(11)17)16(18)19/h2-8H,9-10H2,1H3,(H,18,19). The predicted octanol–water partition coefficient (Wildman–Crippen LogP) is 2.14. The molecule has 3 rings (SSSR count). The molecule has 1 heterocycles. The lowest BCUT2D eigenvalue weighted by molar-refractivity contribution is 0.0698. The van der Waals surface area contributed by atoms with Crippen molar-refractivity contribution >= 4 is 21.7 Å². The van der Waals surface area contributed by atoms with E-state index < -0.39 is 16.0 Å². The number of ether oxygens (including phenoxy) is 1. The van der Waals surface area contributed by atoms with Crippen LogP contribution in [0.1, 0.15) is 15.9 Å². The Labute approximate surface area is 134 Å². The minimum Gasteiger partial charge on any atom is -0.495 e. The first-order chi connectivity index (χ1) is 11.0. The van der Waals surface area contributed by atoms with E-state index in [0.29, 0.717) is 12.0 Å². The number of methoxy groups -OCH3 is 1. The van der Waals surface area contributed by atoms with Crippen LogP contribution in [0.2, 0.25) is 0 Å². The maximum absolute atomic E-state index is 13.0. The van der Waals surface area contributed by atoms with Gasteiger partial charge in [0.25, 0.3) is 10.0 Å². The van der Waals surface area contributed by atoms with Crippen LogP contribution >= 0.6 is 0 Å². The van der Waals surface area contributed by atoms with E-state index in [1.54, 1.807) is 30.3 Å². The maximum atomic E-state index is 13.0. The summed E-state index contributed by atoms with van der Waals surface area (Å²) >= 11 is 0. The Morgan fingerprint density at radius 1 is 1.17 bits per heavy atom. The van der Waals surface area contributed by atoms with Crippen LogP contribution in [0.25, 0.3) is 0 Å². The second kappa shape index (κ2) is 5.58. The number of sulfonamides is 1. The third kappa shape index (κ3) is 2.43. The van der Waals surface area contributed by atoms with Gasteiger partial charge >= 0.3 is 5.97 Å². The molecule has 6 nitrogen and oxygen atoms in total. The Morgan fingerprint density at radius 3 is 2.61 bits per heavy atom. The van der Waals surface area contributed by atoms with Crippen molar-refractivity contribution in [3.63, 3.8) is 0 Å². The molecule has 2 aromatic carbocycles. The molecular weight excluding hydrogens is 318 g/mol. The van der Waals surface area contributed by atoms with Crippen LogP contribution in [0.3, 0.4) is 0 Å². The van der Waals surface area contributed by atoms with E-state index in [1.165, 1.54) is 19.2 Å². The molecule has 0 radical (unpaired) electrons. The highest BCUT2D eigenvalue weighted by atomic mass is 32.2. The molecule has 1 N–H and O–H groups in total. The number of carboxylic acid groups (broad SMARTS) is 1. The second-order valence-corrected chi connectivity index (χ2v) is 6.93. The van der Waals surface area contributed by atoms with Crippen molar-refractivity contribution in [2.45, 2.75) is 11.3 Å². The summed E-state index contributed by atoms with van der Waals surface area (Å²) in [5, 5.41) is 9.36. The molecule has 1 aliphatic rings. The summed E-state index contributed by atoms with van der Waals surface area (Å²) < 4.78 is 32.3. The van der Waals surface area contributed by atoms with Gasteiger partial charge in [0.1, 0.15) is 10.6 Å². The maximum Gasteiger partial charge on any atom is 0.337 e. The van der Waals surface area contributed by atoms with Crippen molar-refractivity contribution in [1.29, 1.82) is 0 Å². The van der Waals surface area contributed by atoms with Crippen LogP contribution in [0.4, 0.5) is 5.69 Å². The molecule has 0 saturated carbocycles. The highest BCUT2D eigenvalue weighted by Gasteiger charge is 2.35. The van der Waals surface area contributed by atoms with E-state index in [2.05, 4.69) is 0 Å². The average molecular weight is 333 g/mol. The summed E-state index contributed by atoms with van der Waals surface area (Å²) in [6.07, 6.45) is 0.477. The SMILES string of the molecule is COc1ccccc1S(=O)(=O)N1CCc2cccc(C(=O)O)c21. The lowest BCUT2D eigenvalue weighted by Gasteiger charge is -2.22. The number of carboxylic acids is 1. The molecule has 7 heteroatoms. The van der Waals surface area contributed by atoms with Crippen molar-refractivity contribution in [2.75, 3.05) is 18.0 Å². The van der Waals surface area contributed by atoms with Gasteiger partial charge in [0.05, 0.1) is 18.4 Å². The summed E-state index contributed by atoms with van der Waals surface area (Å²) in [5.74, 6) is -0.919. The van der Waals surface area contributed by atoms with E-state index in [0.717, 1.165) is 4.31 Å². The number of carbonyl (C=O) groups is 1. The monoisotopic (exact) mass is 333 g/mol. The lowest BCUT2D eigenvalue weighted by atomic mass is 10.1. The Kier molecular flexibility index (Phi) is 3.73. The van der Waals surface area contributed by atoms with Crippen LogP contribution in [0, 0.1) is 0 Å². The molecule has 23 heavy (non-hydrogen) atoms. The van der Waals surface area contributed by atoms with Crippen LogP contribution in [-0.4, -0.2) is 33.1 Å². The zero-order valence-corrected chi connectivity index (χ0v) is 13.2. The molecule has 0 bridgehead atoms. The molecular formula is C16H15NO5S. The van der Waals surface area contributed by atoms with E-state index in [1.807, 2.05) is 0 Å². The van der Waals surface area contributed by atoms with Gasteiger partial charge in [0, 0.05) is 6.54 Å². The van der Waals surface area contributed by atoms with E-state index >= 15 is 0 Å². The summed E-state index contributed by atoms with van der Waals surface area (Å²) in [6, 6.07) is 11.1. The van der Waals surface area contributed by atoms with Crippen LogP contribution < -0.4 is 9.04 Å². The van der Waals surface area contributed by atoms with Gasteiger partial charge in [-0.2, -0.15) is 0 Å². The van der Waals surface area contributed by atoms with Crippen LogP contribution in [0.5, 0.6) is 5.75 Å². The highest BCUT2D eigenvalue weighted by molar-refractivity contribution is 7.93. The largest absolute Gasteiger partial charge is 0.495 e. The first-order valence-corrected chi connectivity index (χ1v) is 8.41. The normalized spacial score (nSPS) is 13.7. The Hall–Kier alpha value is -2.54. The molecule has 0 unspecified atom stereocenters. The third-order valence-electron chi connectivity index (χ3n) is 3.82. The molecule has 0 fully saturated rings. The molecule has 2 aromatic rings. The molecule has 0 aliphatic carbocycles. The first kappa shape index (κ1) is 15.4. The molecule has 0 saturated heterocycles. The number of hydrogen-bond acceptors (Lipinski definition) is 4. The number of para-hydroxylation sites is 2. The van der Waals surface area contributed by atoms with Gasteiger partial charge in [-0.15, -0.1) is 0 Å². The van der Waals surface area contributed by atoms with Gasteiger partial charge < -0.3 is 9.84 Å². The number of anilines is 1.